The molecule has 0 fully saturated rings. The number of nitro groups is 1. The van der Waals surface area contributed by atoms with Crippen molar-refractivity contribution in [3.63, 3.8) is 0 Å². The van der Waals surface area contributed by atoms with Crippen LogP contribution in [0.25, 0.3) is 0 Å². The van der Waals surface area contributed by atoms with Crippen LogP contribution in [-0.4, -0.2) is 29.8 Å². The number of nitrogens with zero attached hydrogens (tertiary/aromatic N) is 1. The Kier molecular flexibility index (Phi) is 4.85. The van der Waals surface area contributed by atoms with Crippen LogP contribution in [0, 0.1) is 10.1 Å². The predicted octanol–water partition coefficient (Wildman–Crippen LogP) is 2.46. The van der Waals surface area contributed by atoms with E-state index in [9.17, 15) is 14.9 Å². The van der Waals surface area contributed by atoms with Gasteiger partial charge in [-0.3, -0.25) is 20.2 Å². The fraction of sp³-hybridized carbons (Fsp3) is 0.125. The van der Waals surface area contributed by atoms with Gasteiger partial charge in [0.25, 0.3) is 11.6 Å². The van der Waals surface area contributed by atoms with Crippen molar-refractivity contribution in [1.82, 2.24) is 5.32 Å². The van der Waals surface area contributed by atoms with Gasteiger partial charge in [0.15, 0.2) is 16.6 Å². The third-order valence-electron chi connectivity index (χ3n) is 3.51. The van der Waals surface area contributed by atoms with Crippen LogP contribution in [0.15, 0.2) is 36.4 Å². The van der Waals surface area contributed by atoms with Gasteiger partial charge in [-0.2, -0.15) is 0 Å². The minimum Gasteiger partial charge on any atom is -0.494 e. The van der Waals surface area contributed by atoms with Gasteiger partial charge in [0.1, 0.15) is 5.75 Å². The van der Waals surface area contributed by atoms with Gasteiger partial charge in [-0.05, 0) is 36.5 Å². The lowest BCUT2D eigenvalue weighted by molar-refractivity contribution is -0.384. The van der Waals surface area contributed by atoms with Crippen LogP contribution in [-0.2, 0) is 0 Å². The van der Waals surface area contributed by atoms with Gasteiger partial charge in [0.2, 0.25) is 6.79 Å². The number of amides is 1. The van der Waals surface area contributed by atoms with E-state index >= 15 is 0 Å². The minimum atomic E-state index is -0.536. The molecule has 1 amide bonds. The van der Waals surface area contributed by atoms with Crippen LogP contribution in [0.1, 0.15) is 10.4 Å². The highest BCUT2D eigenvalue weighted by Crippen LogP contribution is 2.32. The second-order valence-electron chi connectivity index (χ2n) is 5.12. The van der Waals surface area contributed by atoms with Gasteiger partial charge >= 0.3 is 0 Å². The summed E-state index contributed by atoms with van der Waals surface area (Å²) in [6, 6.07) is 8.76. The average Bonchev–Trinajstić information content (AvgIpc) is 3.09. The van der Waals surface area contributed by atoms with E-state index in [0.717, 1.165) is 0 Å². The number of methoxy groups -OCH3 is 1. The zero-order valence-electron chi connectivity index (χ0n) is 13.5. The molecule has 0 saturated heterocycles. The van der Waals surface area contributed by atoms with Crippen molar-refractivity contribution >= 4 is 34.6 Å². The standard InChI is InChI=1S/C16H13N3O6S/c1-23-13-7-10(19(21)22)3-4-11(13)17-16(26)18-15(20)9-2-5-12-14(6-9)25-8-24-12/h2-7H,8H2,1H3,(H2,17,18,20,26). The molecule has 0 atom stereocenters. The summed E-state index contributed by atoms with van der Waals surface area (Å²) in [5.74, 6) is 0.826. The van der Waals surface area contributed by atoms with Crippen molar-refractivity contribution in [3.05, 3.63) is 52.1 Å². The van der Waals surface area contributed by atoms with Crippen LogP contribution in [0.2, 0.25) is 0 Å². The SMILES string of the molecule is COc1cc([N+](=O)[O-])ccc1NC(=S)NC(=O)c1ccc2c(c1)OCO2. The van der Waals surface area contributed by atoms with E-state index in [4.69, 9.17) is 26.4 Å². The van der Waals surface area contributed by atoms with E-state index in [2.05, 4.69) is 10.6 Å². The third-order valence-corrected chi connectivity index (χ3v) is 3.71. The molecule has 26 heavy (non-hydrogen) atoms. The number of nitro benzene ring substituents is 1. The van der Waals surface area contributed by atoms with Crippen molar-refractivity contribution in [2.24, 2.45) is 0 Å². The Balaban J connectivity index is 1.69. The highest BCUT2D eigenvalue weighted by atomic mass is 32.1. The molecule has 9 nitrogen and oxygen atoms in total. The largest absolute Gasteiger partial charge is 0.494 e. The number of hydrogen-bond acceptors (Lipinski definition) is 7. The van der Waals surface area contributed by atoms with Gasteiger partial charge in [-0.1, -0.05) is 0 Å². The number of hydrogen-bond donors (Lipinski definition) is 2. The van der Waals surface area contributed by atoms with Crippen LogP contribution in [0.5, 0.6) is 17.2 Å². The van der Waals surface area contributed by atoms with Crippen molar-refractivity contribution in [1.29, 1.82) is 0 Å². The van der Waals surface area contributed by atoms with Crippen LogP contribution in [0.3, 0.4) is 0 Å². The smallest absolute Gasteiger partial charge is 0.273 e. The number of anilines is 1. The predicted molar refractivity (Wildman–Crippen MR) is 95.9 cm³/mol. The Hall–Kier alpha value is -3.40. The molecule has 0 unspecified atom stereocenters. The number of ether oxygens (including phenoxy) is 3. The fourth-order valence-corrected chi connectivity index (χ4v) is 2.47. The van der Waals surface area contributed by atoms with E-state index in [1.54, 1.807) is 18.2 Å². The monoisotopic (exact) mass is 375 g/mol. The summed E-state index contributed by atoms with van der Waals surface area (Å²) in [5, 5.41) is 16.1. The second kappa shape index (κ2) is 7.23. The lowest BCUT2D eigenvalue weighted by Gasteiger charge is -2.12. The van der Waals surface area contributed by atoms with E-state index in [-0.39, 0.29) is 23.3 Å². The summed E-state index contributed by atoms with van der Waals surface area (Å²) >= 11 is 5.12. The van der Waals surface area contributed by atoms with Gasteiger partial charge in [0, 0.05) is 11.6 Å². The summed E-state index contributed by atoms with van der Waals surface area (Å²) < 4.78 is 15.5. The van der Waals surface area contributed by atoms with E-state index in [1.807, 2.05) is 0 Å². The van der Waals surface area contributed by atoms with Crippen molar-refractivity contribution in [2.75, 3.05) is 19.2 Å². The molecule has 0 spiro atoms. The first-order valence-corrected chi connectivity index (χ1v) is 7.73. The maximum atomic E-state index is 12.3. The highest BCUT2D eigenvalue weighted by molar-refractivity contribution is 7.80. The first kappa shape index (κ1) is 17.4. The fourth-order valence-electron chi connectivity index (χ4n) is 2.26. The molecule has 1 heterocycles. The third kappa shape index (κ3) is 3.64. The second-order valence-corrected chi connectivity index (χ2v) is 5.53. The molecule has 3 rings (SSSR count). The number of carbonyl (C=O) groups excluding carboxylic acids is 1. The molecular formula is C16H13N3O6S. The molecule has 134 valence electrons. The minimum absolute atomic E-state index is 0.0137. The Bertz CT molecular complexity index is 902. The molecule has 0 aliphatic carbocycles. The summed E-state index contributed by atoms with van der Waals surface area (Å²) in [6.45, 7) is 0.111. The molecule has 10 heteroatoms. The number of benzene rings is 2. The number of non-ortho nitro benzene ring substituents is 1. The van der Waals surface area contributed by atoms with E-state index in [1.165, 1.54) is 25.3 Å². The van der Waals surface area contributed by atoms with E-state index < -0.39 is 10.8 Å². The number of carbonyl (C=O) groups is 1. The Morgan fingerprint density at radius 1 is 1.23 bits per heavy atom. The first-order valence-electron chi connectivity index (χ1n) is 7.32. The summed E-state index contributed by atoms with van der Waals surface area (Å²) in [4.78, 5) is 22.6. The molecule has 2 aromatic carbocycles. The average molecular weight is 375 g/mol. The molecule has 2 aromatic rings. The Morgan fingerprint density at radius 3 is 2.73 bits per heavy atom. The molecular weight excluding hydrogens is 362 g/mol. The first-order chi connectivity index (χ1) is 12.5. The summed E-state index contributed by atoms with van der Waals surface area (Å²) in [6.07, 6.45) is 0. The van der Waals surface area contributed by atoms with E-state index in [0.29, 0.717) is 22.7 Å². The quantitative estimate of drug-likeness (QED) is 0.476. The van der Waals surface area contributed by atoms with Gasteiger partial charge in [-0.15, -0.1) is 0 Å². The normalized spacial score (nSPS) is 11.6. The molecule has 0 radical (unpaired) electrons. The van der Waals surface area contributed by atoms with Crippen LogP contribution < -0.4 is 24.8 Å². The highest BCUT2D eigenvalue weighted by Gasteiger charge is 2.17. The molecule has 2 N–H and O–H groups in total. The molecule has 0 aromatic heterocycles. The number of rotatable bonds is 4. The lowest BCUT2D eigenvalue weighted by Crippen LogP contribution is -2.34. The van der Waals surface area contributed by atoms with Crippen molar-refractivity contribution < 1.29 is 23.9 Å². The molecule has 0 bridgehead atoms. The Labute approximate surface area is 153 Å². The molecule has 0 saturated carbocycles. The summed E-state index contributed by atoms with van der Waals surface area (Å²) in [5.41, 5.74) is 0.603. The molecule has 1 aliphatic heterocycles. The van der Waals surface area contributed by atoms with Gasteiger partial charge in [-0.25, -0.2) is 0 Å². The maximum Gasteiger partial charge on any atom is 0.273 e. The maximum absolute atomic E-state index is 12.3. The van der Waals surface area contributed by atoms with Gasteiger partial charge < -0.3 is 19.5 Å². The van der Waals surface area contributed by atoms with Crippen LogP contribution in [0.4, 0.5) is 11.4 Å². The zero-order chi connectivity index (χ0) is 18.7. The number of thiocarbonyl (C=S) groups is 1. The lowest BCUT2D eigenvalue weighted by atomic mass is 10.2. The van der Waals surface area contributed by atoms with Crippen LogP contribution >= 0.6 is 12.2 Å². The molecule has 1 aliphatic rings. The van der Waals surface area contributed by atoms with Crippen molar-refractivity contribution in [2.45, 2.75) is 0 Å². The number of nitrogens with one attached hydrogen (secondary N) is 2. The van der Waals surface area contributed by atoms with Gasteiger partial charge in [0.05, 0.1) is 23.8 Å². The van der Waals surface area contributed by atoms with Crippen molar-refractivity contribution in [3.8, 4) is 17.2 Å². The topological polar surface area (TPSA) is 112 Å². The zero-order valence-corrected chi connectivity index (χ0v) is 14.3. The number of fused-ring (bicyclic) bond motifs is 1. The Morgan fingerprint density at radius 2 is 2.00 bits per heavy atom. The summed E-state index contributed by atoms with van der Waals surface area (Å²) in [7, 11) is 1.37.